The number of nitrogens with zero attached hydrogens (tertiary/aromatic N) is 2. The normalized spacial score (nSPS) is 13.1. The van der Waals surface area contributed by atoms with Crippen LogP contribution in [0, 0.1) is 5.92 Å². The van der Waals surface area contributed by atoms with Gasteiger partial charge in [-0.2, -0.15) is 4.31 Å². The summed E-state index contributed by atoms with van der Waals surface area (Å²) in [5, 5.41) is 16.2. The van der Waals surface area contributed by atoms with Gasteiger partial charge < -0.3 is 20.5 Å². The van der Waals surface area contributed by atoms with Crippen molar-refractivity contribution in [2.75, 3.05) is 20.3 Å². The maximum atomic E-state index is 14.0. The van der Waals surface area contributed by atoms with Crippen molar-refractivity contribution in [1.82, 2.24) is 19.9 Å². The summed E-state index contributed by atoms with van der Waals surface area (Å²) in [5.41, 5.74) is 3.95. The number of amides is 2. The lowest BCUT2D eigenvalue weighted by Gasteiger charge is -2.30. The van der Waals surface area contributed by atoms with E-state index >= 15 is 0 Å². The molecule has 3 N–H and O–H groups in total. The van der Waals surface area contributed by atoms with E-state index < -0.39 is 46.6 Å². The van der Waals surface area contributed by atoms with E-state index in [4.69, 9.17) is 4.74 Å². The zero-order valence-electron chi connectivity index (χ0n) is 26.8. The number of rotatable bonds is 14. The van der Waals surface area contributed by atoms with Crippen molar-refractivity contribution in [3.05, 3.63) is 117 Å². The topological polar surface area (TPSA) is 138 Å². The minimum Gasteiger partial charge on any atom is -0.453 e. The van der Waals surface area contributed by atoms with Gasteiger partial charge in [0, 0.05) is 22.2 Å². The first-order valence-electron chi connectivity index (χ1n) is 15.4. The summed E-state index contributed by atoms with van der Waals surface area (Å²) in [5.74, 6) is -0.951. The number of alkyl carbamates (subject to hydrolysis) is 1. The van der Waals surface area contributed by atoms with Crippen LogP contribution >= 0.6 is 22.7 Å². The Kier molecular flexibility index (Phi) is 11.6. The molecule has 2 atom stereocenters. The Bertz CT molecular complexity index is 1890. The number of carbonyl (C=O) groups excluding carboxylic acids is 2. The van der Waals surface area contributed by atoms with Crippen LogP contribution in [-0.2, 0) is 26.1 Å². The third-order valence-corrected chi connectivity index (χ3v) is 11.7. The van der Waals surface area contributed by atoms with Crippen LogP contribution in [0.25, 0.3) is 10.2 Å². The number of fused-ring (bicyclic) bond motifs is 1. The monoisotopic (exact) mass is 706 g/mol. The van der Waals surface area contributed by atoms with Crippen LogP contribution in [0.1, 0.15) is 46.7 Å². The number of carbonyl (C=O) groups is 2. The molecule has 0 saturated carbocycles. The van der Waals surface area contributed by atoms with Gasteiger partial charge in [-0.3, -0.25) is 4.79 Å². The van der Waals surface area contributed by atoms with E-state index in [9.17, 15) is 23.1 Å². The lowest BCUT2D eigenvalue weighted by molar-refractivity contribution is -0.123. The fraction of sp³-hybridized carbons (Fsp3) is 0.286. The molecule has 0 fully saturated rings. The molecule has 10 nitrogen and oxygen atoms in total. The Morgan fingerprint density at radius 1 is 0.958 bits per heavy atom. The zero-order chi connectivity index (χ0) is 34.3. The predicted molar refractivity (Wildman–Crippen MR) is 188 cm³/mol. The lowest BCUT2D eigenvalue weighted by atomic mass is 9.84. The van der Waals surface area contributed by atoms with Crippen LogP contribution in [0.2, 0.25) is 0 Å². The van der Waals surface area contributed by atoms with Crippen LogP contribution in [0.4, 0.5) is 4.79 Å². The number of nitrogens with one attached hydrogen (secondary N) is 2. The molecule has 2 heterocycles. The molecule has 0 aliphatic rings. The lowest BCUT2D eigenvalue weighted by Crippen LogP contribution is -2.50. The first kappa shape index (κ1) is 35.2. The minimum atomic E-state index is -4.01. The Morgan fingerprint density at radius 2 is 1.62 bits per heavy atom. The second-order valence-corrected chi connectivity index (χ2v) is 15.6. The van der Waals surface area contributed by atoms with Crippen LogP contribution in [-0.4, -0.2) is 61.1 Å². The molecule has 0 radical (unpaired) electrons. The van der Waals surface area contributed by atoms with Crippen molar-refractivity contribution >= 4 is 54.9 Å². The smallest absolute Gasteiger partial charge is 0.407 e. The third-order valence-electron chi connectivity index (χ3n) is 7.81. The molecule has 252 valence electrons. The molecule has 0 spiro atoms. The Hall–Kier alpha value is -4.14. The van der Waals surface area contributed by atoms with Gasteiger partial charge in [0.25, 0.3) is 0 Å². The second-order valence-electron chi connectivity index (χ2n) is 11.6. The van der Waals surface area contributed by atoms with E-state index in [-0.39, 0.29) is 23.9 Å². The number of sulfonamides is 1. The molecule has 0 unspecified atom stereocenters. The van der Waals surface area contributed by atoms with E-state index in [2.05, 4.69) is 15.6 Å². The van der Waals surface area contributed by atoms with Crippen molar-refractivity contribution in [1.29, 1.82) is 0 Å². The summed E-state index contributed by atoms with van der Waals surface area (Å²) in [6.07, 6.45) is -0.739. The maximum absolute atomic E-state index is 14.0. The van der Waals surface area contributed by atoms with Gasteiger partial charge in [0.15, 0.2) is 0 Å². The quantitative estimate of drug-likeness (QED) is 0.131. The molecule has 0 aliphatic heterocycles. The van der Waals surface area contributed by atoms with Crippen LogP contribution in [0.3, 0.4) is 0 Å². The number of aromatic nitrogens is 1. The molecular weight excluding hydrogens is 669 g/mol. The highest BCUT2D eigenvalue weighted by Crippen LogP contribution is 2.34. The number of hydrogen-bond donors (Lipinski definition) is 3. The SMILES string of the molecule is COC(=O)N[C@H](C(=O)NCc1ccc([C@@H](CO)N(CC(C)C)S(=O)(=O)c2ccc3scnc3c2)s1)C(c1ccccc1)c1ccccc1. The Labute approximate surface area is 288 Å². The molecule has 0 bridgehead atoms. The van der Waals surface area contributed by atoms with Gasteiger partial charge in [-0.15, -0.1) is 22.7 Å². The van der Waals surface area contributed by atoms with Crippen LogP contribution in [0.5, 0.6) is 0 Å². The number of benzene rings is 3. The van der Waals surface area contributed by atoms with Gasteiger partial charge in [0.1, 0.15) is 6.04 Å². The molecule has 48 heavy (non-hydrogen) atoms. The van der Waals surface area contributed by atoms with E-state index in [0.717, 1.165) is 20.7 Å². The molecule has 2 amide bonds. The molecule has 2 aromatic heterocycles. The van der Waals surface area contributed by atoms with Crippen molar-refractivity contribution < 1.29 is 27.9 Å². The van der Waals surface area contributed by atoms with Crippen molar-refractivity contribution in [2.24, 2.45) is 5.92 Å². The summed E-state index contributed by atoms with van der Waals surface area (Å²) >= 11 is 2.74. The van der Waals surface area contributed by atoms with E-state index in [1.54, 1.807) is 35.8 Å². The van der Waals surface area contributed by atoms with Crippen molar-refractivity contribution in [3.8, 4) is 0 Å². The highest BCUT2D eigenvalue weighted by atomic mass is 32.2. The highest BCUT2D eigenvalue weighted by Gasteiger charge is 2.35. The summed E-state index contributed by atoms with van der Waals surface area (Å²) in [6.45, 7) is 3.72. The number of thiophene rings is 1. The van der Waals surface area contributed by atoms with Gasteiger partial charge in [0.05, 0.1) is 46.9 Å². The third kappa shape index (κ3) is 8.10. The van der Waals surface area contributed by atoms with Gasteiger partial charge in [-0.25, -0.2) is 18.2 Å². The second kappa shape index (κ2) is 15.8. The average Bonchev–Trinajstić information content (AvgIpc) is 3.77. The zero-order valence-corrected chi connectivity index (χ0v) is 29.2. The number of aliphatic hydroxyl groups is 1. The van der Waals surface area contributed by atoms with E-state index in [1.807, 2.05) is 74.5 Å². The van der Waals surface area contributed by atoms with Gasteiger partial charge in [-0.05, 0) is 47.4 Å². The average molecular weight is 707 g/mol. The van der Waals surface area contributed by atoms with Crippen molar-refractivity contribution in [3.63, 3.8) is 0 Å². The Morgan fingerprint density at radius 3 is 2.23 bits per heavy atom. The first-order valence-corrected chi connectivity index (χ1v) is 18.5. The molecule has 0 saturated heterocycles. The number of hydrogen-bond acceptors (Lipinski definition) is 9. The molecular formula is C35H38N4O6S3. The molecule has 5 rings (SSSR count). The van der Waals surface area contributed by atoms with E-state index in [1.165, 1.54) is 34.1 Å². The molecule has 13 heteroatoms. The summed E-state index contributed by atoms with van der Waals surface area (Å²) in [4.78, 5) is 32.1. The molecule has 3 aromatic carbocycles. The largest absolute Gasteiger partial charge is 0.453 e. The number of thiazole rings is 1. The highest BCUT2D eigenvalue weighted by molar-refractivity contribution is 7.89. The van der Waals surface area contributed by atoms with Gasteiger partial charge in [0.2, 0.25) is 15.9 Å². The van der Waals surface area contributed by atoms with E-state index in [0.29, 0.717) is 10.4 Å². The molecule has 0 aliphatic carbocycles. The maximum Gasteiger partial charge on any atom is 0.407 e. The van der Waals surface area contributed by atoms with Gasteiger partial charge >= 0.3 is 6.09 Å². The van der Waals surface area contributed by atoms with Crippen LogP contribution in [0.15, 0.2) is 101 Å². The Balaban J connectivity index is 1.39. The summed E-state index contributed by atoms with van der Waals surface area (Å²) in [6, 6.07) is 25.5. The predicted octanol–water partition coefficient (Wildman–Crippen LogP) is 5.91. The number of methoxy groups -OCH3 is 1. The number of ether oxygens (including phenoxy) is 1. The minimum absolute atomic E-state index is 0.0167. The van der Waals surface area contributed by atoms with Crippen molar-refractivity contribution in [2.45, 2.75) is 43.3 Å². The standard InChI is InChI=1S/C35H38N4O6S3/c1-23(2)20-39(48(43,44)27-15-17-30-28(18-27)37-22-46-30)29(21-40)31-16-14-26(47-31)19-36-34(41)33(38-35(42)45-3)32(24-10-6-4-7-11-24)25-12-8-5-9-13-25/h4-18,22-23,29,32-33,40H,19-21H2,1-3H3,(H,36,41)(H,38,42)/t29-,33+/m1/s1. The fourth-order valence-corrected chi connectivity index (χ4v) is 9.11. The van der Waals surface area contributed by atoms with Gasteiger partial charge in [-0.1, -0.05) is 74.5 Å². The first-order chi connectivity index (χ1) is 23.1. The summed E-state index contributed by atoms with van der Waals surface area (Å²) in [7, 11) is -2.76. The summed E-state index contributed by atoms with van der Waals surface area (Å²) < 4.78 is 35.1. The number of aliphatic hydroxyl groups excluding tert-OH is 1. The fourth-order valence-electron chi connectivity index (χ4n) is 5.55. The van der Waals surface area contributed by atoms with Crippen LogP contribution < -0.4 is 10.6 Å². The molecule has 5 aromatic rings.